The van der Waals surface area contributed by atoms with E-state index in [4.69, 9.17) is 0 Å². The lowest BCUT2D eigenvalue weighted by atomic mass is 10.0. The molecule has 5 nitrogen and oxygen atoms in total. The topological polar surface area (TPSA) is 74.2 Å². The Morgan fingerprint density at radius 2 is 2.00 bits per heavy atom. The van der Waals surface area contributed by atoms with Crippen molar-refractivity contribution >= 4 is 17.3 Å². The summed E-state index contributed by atoms with van der Waals surface area (Å²) in [7, 11) is 0. The fourth-order valence-corrected chi connectivity index (χ4v) is 3.26. The number of carbonyl (C=O) groups excluding carboxylic acids is 1. The van der Waals surface area contributed by atoms with Gasteiger partial charge in [-0.2, -0.15) is 0 Å². The average molecular weight is 363 g/mol. The third-order valence-electron chi connectivity index (χ3n) is 4.59. The normalized spacial score (nSPS) is 13.8. The molecule has 3 aromatic rings. The van der Waals surface area contributed by atoms with Gasteiger partial charge in [-0.25, -0.2) is 4.39 Å². The van der Waals surface area contributed by atoms with Crippen molar-refractivity contribution < 1.29 is 14.3 Å². The van der Waals surface area contributed by atoms with Gasteiger partial charge in [0.05, 0.1) is 24.8 Å². The van der Waals surface area contributed by atoms with Crippen molar-refractivity contribution in [1.29, 1.82) is 0 Å². The van der Waals surface area contributed by atoms with Crippen LogP contribution in [-0.2, 0) is 11.2 Å². The van der Waals surface area contributed by atoms with Crippen LogP contribution in [0.2, 0.25) is 0 Å². The van der Waals surface area contributed by atoms with E-state index in [9.17, 15) is 14.3 Å². The highest BCUT2D eigenvalue weighted by molar-refractivity contribution is 5.99. The van der Waals surface area contributed by atoms with E-state index in [1.54, 1.807) is 24.5 Å². The van der Waals surface area contributed by atoms with Gasteiger partial charge in [0.2, 0.25) is 5.91 Å². The van der Waals surface area contributed by atoms with Gasteiger partial charge in [-0.3, -0.25) is 9.78 Å². The molecule has 1 unspecified atom stereocenters. The van der Waals surface area contributed by atoms with Gasteiger partial charge in [-0.1, -0.05) is 30.3 Å². The van der Waals surface area contributed by atoms with Gasteiger partial charge < -0.3 is 15.7 Å². The zero-order chi connectivity index (χ0) is 18.8. The van der Waals surface area contributed by atoms with E-state index in [-0.39, 0.29) is 25.0 Å². The Labute approximate surface area is 155 Å². The first kappa shape index (κ1) is 17.2. The van der Waals surface area contributed by atoms with Crippen LogP contribution in [0, 0.1) is 5.82 Å². The Morgan fingerprint density at radius 1 is 1.19 bits per heavy atom. The molecule has 0 bridgehead atoms. The molecular formula is C21H18FN3O2. The van der Waals surface area contributed by atoms with E-state index >= 15 is 0 Å². The Morgan fingerprint density at radius 3 is 2.78 bits per heavy atom. The number of aliphatic hydroxyl groups is 1. The second-order valence-corrected chi connectivity index (χ2v) is 6.47. The van der Waals surface area contributed by atoms with Gasteiger partial charge in [0.25, 0.3) is 0 Å². The number of amides is 1. The van der Waals surface area contributed by atoms with Gasteiger partial charge >= 0.3 is 0 Å². The number of anilines is 2. The zero-order valence-electron chi connectivity index (χ0n) is 14.4. The highest BCUT2D eigenvalue weighted by atomic mass is 19.1. The highest BCUT2D eigenvalue weighted by Gasteiger charge is 2.21. The highest BCUT2D eigenvalue weighted by Crippen LogP contribution is 2.32. The molecular weight excluding hydrogens is 345 g/mol. The molecule has 0 aliphatic carbocycles. The molecule has 0 radical (unpaired) electrons. The summed E-state index contributed by atoms with van der Waals surface area (Å²) in [4.78, 5) is 15.7. The van der Waals surface area contributed by atoms with Gasteiger partial charge in [0.1, 0.15) is 5.82 Å². The van der Waals surface area contributed by atoms with Crippen LogP contribution in [0.1, 0.15) is 17.2 Å². The quantitative estimate of drug-likeness (QED) is 0.648. The lowest BCUT2D eigenvalue weighted by molar-refractivity contribution is -0.115. The first-order valence-electron chi connectivity index (χ1n) is 8.64. The Bertz CT molecular complexity index is 992. The molecule has 4 rings (SSSR count). The molecule has 6 heteroatoms. The molecule has 1 aromatic heterocycles. The van der Waals surface area contributed by atoms with Crippen molar-refractivity contribution in [2.45, 2.75) is 12.5 Å². The summed E-state index contributed by atoms with van der Waals surface area (Å²) in [6.07, 6.45) is 3.46. The van der Waals surface area contributed by atoms with E-state index in [1.807, 2.05) is 30.3 Å². The Kier molecular flexibility index (Phi) is 4.56. The van der Waals surface area contributed by atoms with Gasteiger partial charge in [-0.05, 0) is 29.3 Å². The number of rotatable bonds is 5. The summed E-state index contributed by atoms with van der Waals surface area (Å²) in [5.74, 6) is -0.555. The standard InChI is InChI=1S/C21H18FN3O2/c22-18-9-19-14(8-21(27)25-19)7-17(18)15-6-16(11-23-10-15)24-20(12-26)13-4-2-1-3-5-13/h1-7,9-11,20,24,26H,8,12H2,(H,25,27). The van der Waals surface area contributed by atoms with Crippen LogP contribution in [-0.4, -0.2) is 22.6 Å². The van der Waals surface area contributed by atoms with E-state index in [0.717, 1.165) is 11.1 Å². The van der Waals surface area contributed by atoms with E-state index < -0.39 is 5.82 Å². The lowest BCUT2D eigenvalue weighted by Gasteiger charge is -2.18. The lowest BCUT2D eigenvalue weighted by Crippen LogP contribution is -2.14. The molecule has 1 aliphatic rings. The molecule has 27 heavy (non-hydrogen) atoms. The molecule has 0 saturated heterocycles. The van der Waals surface area contributed by atoms with Crippen molar-refractivity contribution in [3.05, 3.63) is 77.9 Å². The van der Waals surface area contributed by atoms with Crippen LogP contribution in [0.4, 0.5) is 15.8 Å². The molecule has 1 amide bonds. The van der Waals surface area contributed by atoms with E-state index in [2.05, 4.69) is 15.6 Å². The fraction of sp³-hybridized carbons (Fsp3) is 0.143. The van der Waals surface area contributed by atoms with Crippen LogP contribution >= 0.6 is 0 Å². The molecule has 0 fully saturated rings. The number of nitrogens with zero attached hydrogens (tertiary/aromatic N) is 1. The maximum atomic E-state index is 14.5. The smallest absolute Gasteiger partial charge is 0.228 e. The first-order valence-corrected chi connectivity index (χ1v) is 8.64. The number of hydrogen-bond acceptors (Lipinski definition) is 4. The summed E-state index contributed by atoms with van der Waals surface area (Å²) in [5.41, 5.74) is 3.90. The number of halogens is 1. The van der Waals surface area contributed by atoms with E-state index in [1.165, 1.54) is 6.07 Å². The monoisotopic (exact) mass is 363 g/mol. The summed E-state index contributed by atoms with van der Waals surface area (Å²) in [5, 5.41) is 15.6. The van der Waals surface area contributed by atoms with Crippen molar-refractivity contribution in [2.24, 2.45) is 0 Å². The molecule has 0 saturated carbocycles. The summed E-state index contributed by atoms with van der Waals surface area (Å²) in [6, 6.07) is 14.1. The van der Waals surface area contributed by atoms with E-state index in [0.29, 0.717) is 22.5 Å². The molecule has 3 N–H and O–H groups in total. The maximum Gasteiger partial charge on any atom is 0.228 e. The summed E-state index contributed by atoms with van der Waals surface area (Å²) >= 11 is 0. The summed E-state index contributed by atoms with van der Waals surface area (Å²) < 4.78 is 14.5. The predicted octanol–water partition coefficient (Wildman–Crippen LogP) is 3.53. The molecule has 1 atom stereocenters. The van der Waals surface area contributed by atoms with Crippen LogP contribution in [0.3, 0.4) is 0 Å². The number of hydrogen-bond donors (Lipinski definition) is 3. The number of aliphatic hydroxyl groups excluding tert-OH is 1. The molecule has 1 aliphatic heterocycles. The van der Waals surface area contributed by atoms with Crippen molar-refractivity contribution in [1.82, 2.24) is 4.98 Å². The SMILES string of the molecule is O=C1Cc2cc(-c3cncc(NC(CO)c4ccccc4)c3)c(F)cc2N1. The second kappa shape index (κ2) is 7.17. The molecule has 136 valence electrons. The van der Waals surface area contributed by atoms with Crippen molar-refractivity contribution in [3.8, 4) is 11.1 Å². The van der Waals surface area contributed by atoms with Crippen molar-refractivity contribution in [2.75, 3.05) is 17.2 Å². The summed E-state index contributed by atoms with van der Waals surface area (Å²) in [6.45, 7) is -0.0881. The van der Waals surface area contributed by atoms with Crippen LogP contribution in [0.25, 0.3) is 11.1 Å². The molecule has 2 heterocycles. The van der Waals surface area contributed by atoms with Crippen molar-refractivity contribution in [3.63, 3.8) is 0 Å². The van der Waals surface area contributed by atoms with Gasteiger partial charge in [0, 0.05) is 29.2 Å². The Hall–Kier alpha value is -3.25. The number of pyridine rings is 1. The number of benzene rings is 2. The van der Waals surface area contributed by atoms with Crippen LogP contribution in [0.5, 0.6) is 0 Å². The maximum absolute atomic E-state index is 14.5. The zero-order valence-corrected chi connectivity index (χ0v) is 14.4. The minimum absolute atomic E-state index is 0.0881. The molecule has 2 aromatic carbocycles. The fourth-order valence-electron chi connectivity index (χ4n) is 3.26. The number of nitrogens with one attached hydrogen (secondary N) is 2. The minimum Gasteiger partial charge on any atom is -0.394 e. The number of fused-ring (bicyclic) bond motifs is 1. The largest absolute Gasteiger partial charge is 0.394 e. The second-order valence-electron chi connectivity index (χ2n) is 6.47. The van der Waals surface area contributed by atoms with Crippen LogP contribution in [0.15, 0.2) is 60.9 Å². The van der Waals surface area contributed by atoms with Gasteiger partial charge in [0.15, 0.2) is 0 Å². The van der Waals surface area contributed by atoms with Gasteiger partial charge in [-0.15, -0.1) is 0 Å². The van der Waals surface area contributed by atoms with Crippen LogP contribution < -0.4 is 10.6 Å². The third-order valence-corrected chi connectivity index (χ3v) is 4.59. The number of aromatic nitrogens is 1. The third kappa shape index (κ3) is 3.52. The number of carbonyl (C=O) groups is 1. The predicted molar refractivity (Wildman–Crippen MR) is 102 cm³/mol. The first-order chi connectivity index (χ1) is 13.1. The average Bonchev–Trinajstić information content (AvgIpc) is 3.05. The Balaban J connectivity index is 1.64. The minimum atomic E-state index is -0.420. The molecule has 0 spiro atoms.